The molecule has 160 valence electrons. The Morgan fingerprint density at radius 2 is 1.83 bits per heavy atom. The van der Waals surface area contributed by atoms with Gasteiger partial charge in [0.2, 0.25) is 11.8 Å². The lowest BCUT2D eigenvalue weighted by Crippen LogP contribution is -2.45. The molecule has 1 aliphatic heterocycles. The molecule has 1 saturated heterocycles. The number of carbonyl (C=O) groups is 4. The molecule has 1 saturated carbocycles. The van der Waals surface area contributed by atoms with Crippen LogP contribution in [0.5, 0.6) is 0 Å². The fourth-order valence-corrected chi connectivity index (χ4v) is 4.02. The number of carbonyl (C=O) groups excluding carboxylic acids is 4. The summed E-state index contributed by atoms with van der Waals surface area (Å²) in [6, 6.07) is 2.85. The molecule has 1 aliphatic carbocycles. The first-order valence-electron chi connectivity index (χ1n) is 9.79. The van der Waals surface area contributed by atoms with Gasteiger partial charge in [-0.1, -0.05) is 12.8 Å². The molecule has 3 amide bonds. The molecule has 1 N–H and O–H groups in total. The molecule has 2 aliphatic rings. The second-order valence-corrected chi connectivity index (χ2v) is 7.63. The number of rotatable bonds is 6. The van der Waals surface area contributed by atoms with Gasteiger partial charge in [0.15, 0.2) is 6.61 Å². The molecule has 0 spiro atoms. The number of hydrogen-bond donors (Lipinski definition) is 1. The maximum atomic E-state index is 12.6. The van der Waals surface area contributed by atoms with E-state index in [0.29, 0.717) is 24.1 Å². The summed E-state index contributed by atoms with van der Waals surface area (Å²) in [4.78, 5) is 60.8. The number of likely N-dealkylation sites (tertiary alicyclic amines) is 1. The Morgan fingerprint density at radius 3 is 2.37 bits per heavy atom. The van der Waals surface area contributed by atoms with Crippen molar-refractivity contribution >= 4 is 35.1 Å². The van der Waals surface area contributed by atoms with Gasteiger partial charge in [0, 0.05) is 17.8 Å². The Morgan fingerprint density at radius 1 is 1.23 bits per heavy atom. The molecule has 2 fully saturated rings. The summed E-state index contributed by atoms with van der Waals surface area (Å²) in [5.74, 6) is -2.91. The zero-order chi connectivity index (χ0) is 22.0. The first kappa shape index (κ1) is 21.4. The number of nitrogens with zero attached hydrogens (tertiary/aromatic N) is 2. The van der Waals surface area contributed by atoms with Crippen LogP contribution in [0.2, 0.25) is 0 Å². The number of esters is 1. The number of nitro benzene ring substituents is 1. The van der Waals surface area contributed by atoms with Crippen molar-refractivity contribution in [1.82, 2.24) is 4.90 Å². The Kier molecular flexibility index (Phi) is 6.14. The highest BCUT2D eigenvalue weighted by Crippen LogP contribution is 2.38. The highest BCUT2D eigenvalue weighted by molar-refractivity contribution is 6.08. The average Bonchev–Trinajstić information content (AvgIpc) is 2.97. The quantitative estimate of drug-likeness (QED) is 0.323. The van der Waals surface area contributed by atoms with Crippen LogP contribution >= 0.6 is 0 Å². The third-order valence-corrected chi connectivity index (χ3v) is 5.64. The molecule has 0 radical (unpaired) electrons. The SMILES string of the molecule is Cc1cc([N+](=O)[O-])ccc1NC(=O)COC(=O)[C@H](C)N1C(=O)[C@H]2CCCC[C@H]2C1=O. The molecule has 3 atom stereocenters. The van der Waals surface area contributed by atoms with Gasteiger partial charge in [0.25, 0.3) is 11.6 Å². The van der Waals surface area contributed by atoms with Crippen molar-refractivity contribution < 1.29 is 28.8 Å². The Hall–Kier alpha value is -3.30. The van der Waals surface area contributed by atoms with Crippen LogP contribution in [0.3, 0.4) is 0 Å². The number of aryl methyl sites for hydroxylation is 1. The predicted octanol–water partition coefficient (Wildman–Crippen LogP) is 1.95. The summed E-state index contributed by atoms with van der Waals surface area (Å²) in [5.41, 5.74) is 0.725. The number of ether oxygens (including phenoxy) is 1. The summed E-state index contributed by atoms with van der Waals surface area (Å²) in [5, 5.41) is 13.3. The van der Waals surface area contributed by atoms with E-state index in [1.165, 1.54) is 25.1 Å². The second kappa shape index (κ2) is 8.60. The first-order chi connectivity index (χ1) is 14.2. The number of non-ortho nitro benzene ring substituents is 1. The molecule has 30 heavy (non-hydrogen) atoms. The van der Waals surface area contributed by atoms with Crippen LogP contribution in [-0.2, 0) is 23.9 Å². The summed E-state index contributed by atoms with van der Waals surface area (Å²) >= 11 is 0. The highest BCUT2D eigenvalue weighted by Gasteiger charge is 2.51. The third kappa shape index (κ3) is 4.17. The standard InChI is InChI=1S/C20H23N3O7/c1-11-9-13(23(28)29)7-8-16(11)21-17(24)10-30-20(27)12(2)22-18(25)14-5-3-4-6-15(14)19(22)26/h7-9,12,14-15H,3-6,10H2,1-2H3,(H,21,24)/t12-,14-,15+/m0/s1. The van der Waals surface area contributed by atoms with Crippen molar-refractivity contribution in [2.45, 2.75) is 45.6 Å². The van der Waals surface area contributed by atoms with Crippen molar-refractivity contribution in [3.8, 4) is 0 Å². The van der Waals surface area contributed by atoms with Crippen LogP contribution < -0.4 is 5.32 Å². The van der Waals surface area contributed by atoms with Crippen molar-refractivity contribution in [3.63, 3.8) is 0 Å². The third-order valence-electron chi connectivity index (χ3n) is 5.64. The van der Waals surface area contributed by atoms with Gasteiger partial charge in [-0.15, -0.1) is 0 Å². The minimum atomic E-state index is -1.11. The van der Waals surface area contributed by atoms with E-state index in [1.54, 1.807) is 6.92 Å². The van der Waals surface area contributed by atoms with Gasteiger partial charge in [-0.25, -0.2) is 4.79 Å². The van der Waals surface area contributed by atoms with Gasteiger partial charge in [-0.2, -0.15) is 0 Å². The van der Waals surface area contributed by atoms with Crippen LogP contribution in [0.25, 0.3) is 0 Å². The summed E-state index contributed by atoms with van der Waals surface area (Å²) in [7, 11) is 0. The largest absolute Gasteiger partial charge is 0.454 e. The monoisotopic (exact) mass is 417 g/mol. The van der Waals surface area contributed by atoms with Crippen molar-refractivity contribution in [3.05, 3.63) is 33.9 Å². The molecule has 0 bridgehead atoms. The molecule has 0 unspecified atom stereocenters. The number of fused-ring (bicyclic) bond motifs is 1. The summed E-state index contributed by atoms with van der Waals surface area (Å²) in [6.07, 6.45) is 3.05. The van der Waals surface area contributed by atoms with Gasteiger partial charge >= 0.3 is 5.97 Å². The molecule has 1 heterocycles. The lowest BCUT2D eigenvalue weighted by molar-refractivity contribution is -0.384. The smallest absolute Gasteiger partial charge is 0.329 e. The molecular weight excluding hydrogens is 394 g/mol. The fourth-order valence-electron chi connectivity index (χ4n) is 4.02. The molecule has 3 rings (SSSR count). The van der Waals surface area contributed by atoms with E-state index in [9.17, 15) is 29.3 Å². The summed E-state index contributed by atoms with van der Waals surface area (Å²) < 4.78 is 5.00. The number of nitro groups is 1. The molecule has 10 heteroatoms. The maximum absolute atomic E-state index is 12.6. The summed E-state index contributed by atoms with van der Waals surface area (Å²) in [6.45, 7) is 2.40. The van der Waals surface area contributed by atoms with E-state index in [-0.39, 0.29) is 29.3 Å². The number of benzene rings is 1. The van der Waals surface area contributed by atoms with Gasteiger partial charge in [0.1, 0.15) is 6.04 Å². The zero-order valence-corrected chi connectivity index (χ0v) is 16.8. The van der Waals surface area contributed by atoms with E-state index in [1.807, 2.05) is 0 Å². The number of hydrogen-bond acceptors (Lipinski definition) is 7. The molecule has 0 aromatic heterocycles. The highest BCUT2D eigenvalue weighted by atomic mass is 16.6. The number of anilines is 1. The van der Waals surface area contributed by atoms with Gasteiger partial charge in [0.05, 0.1) is 16.8 Å². The van der Waals surface area contributed by atoms with Crippen LogP contribution in [0.15, 0.2) is 18.2 Å². The lowest BCUT2D eigenvalue weighted by Gasteiger charge is -2.21. The van der Waals surface area contributed by atoms with Crippen molar-refractivity contribution in [2.24, 2.45) is 11.8 Å². The Bertz CT molecular complexity index is 890. The van der Waals surface area contributed by atoms with Crippen LogP contribution in [0.4, 0.5) is 11.4 Å². The van der Waals surface area contributed by atoms with E-state index in [0.717, 1.165) is 17.7 Å². The molecular formula is C20H23N3O7. The zero-order valence-electron chi connectivity index (χ0n) is 16.8. The number of nitrogens with one attached hydrogen (secondary N) is 1. The van der Waals surface area contributed by atoms with E-state index >= 15 is 0 Å². The Balaban J connectivity index is 1.56. The van der Waals surface area contributed by atoms with E-state index < -0.39 is 29.4 Å². The maximum Gasteiger partial charge on any atom is 0.329 e. The molecule has 1 aromatic rings. The molecule has 10 nitrogen and oxygen atoms in total. The fraction of sp³-hybridized carbons (Fsp3) is 0.500. The van der Waals surface area contributed by atoms with Crippen molar-refractivity contribution in [2.75, 3.05) is 11.9 Å². The van der Waals surface area contributed by atoms with E-state index in [4.69, 9.17) is 4.74 Å². The average molecular weight is 417 g/mol. The van der Waals surface area contributed by atoms with Crippen LogP contribution in [0, 0.1) is 28.9 Å². The number of amides is 3. The van der Waals surface area contributed by atoms with Gasteiger partial charge in [-0.05, 0) is 38.3 Å². The van der Waals surface area contributed by atoms with Gasteiger partial charge < -0.3 is 10.1 Å². The Labute approximate surface area is 172 Å². The van der Waals surface area contributed by atoms with E-state index in [2.05, 4.69) is 5.32 Å². The molecule has 1 aromatic carbocycles. The number of imide groups is 1. The van der Waals surface area contributed by atoms with Crippen LogP contribution in [0.1, 0.15) is 38.2 Å². The minimum Gasteiger partial charge on any atom is -0.454 e. The van der Waals surface area contributed by atoms with Gasteiger partial charge in [-0.3, -0.25) is 29.4 Å². The lowest BCUT2D eigenvalue weighted by atomic mass is 9.81. The minimum absolute atomic E-state index is 0.105. The van der Waals surface area contributed by atoms with Crippen molar-refractivity contribution in [1.29, 1.82) is 0 Å². The second-order valence-electron chi connectivity index (χ2n) is 7.63. The normalized spacial score (nSPS) is 21.7. The first-order valence-corrected chi connectivity index (χ1v) is 9.79. The topological polar surface area (TPSA) is 136 Å². The predicted molar refractivity (Wildman–Crippen MR) is 104 cm³/mol. The van der Waals surface area contributed by atoms with Crippen LogP contribution in [-0.4, -0.2) is 46.2 Å².